The molecule has 2 unspecified atom stereocenters. The molecule has 1 heterocycles. The highest BCUT2D eigenvalue weighted by atomic mass is 19.1. The third-order valence-corrected chi connectivity index (χ3v) is 3.76. The van der Waals surface area contributed by atoms with E-state index in [4.69, 9.17) is 10.2 Å². The van der Waals surface area contributed by atoms with Crippen LogP contribution in [0.25, 0.3) is 11.0 Å². The van der Waals surface area contributed by atoms with Gasteiger partial charge in [-0.05, 0) is 48.9 Å². The molecule has 2 atom stereocenters. The second-order valence-electron chi connectivity index (χ2n) is 5.05. The van der Waals surface area contributed by atoms with E-state index in [2.05, 4.69) is 6.92 Å². The molecular weight excluding hydrogens is 217 g/mol. The van der Waals surface area contributed by atoms with Gasteiger partial charge in [-0.25, -0.2) is 4.39 Å². The maximum Gasteiger partial charge on any atom is 0.134 e. The fourth-order valence-electron chi connectivity index (χ4n) is 2.37. The first-order chi connectivity index (χ1) is 8.15. The number of benzene rings is 1. The number of hydrogen-bond donors (Lipinski definition) is 1. The van der Waals surface area contributed by atoms with Gasteiger partial charge in [0, 0.05) is 5.39 Å². The summed E-state index contributed by atoms with van der Waals surface area (Å²) in [4.78, 5) is 0. The van der Waals surface area contributed by atoms with Crippen molar-refractivity contribution in [3.05, 3.63) is 35.8 Å². The van der Waals surface area contributed by atoms with Crippen LogP contribution in [0.3, 0.4) is 0 Å². The predicted molar refractivity (Wildman–Crippen MR) is 65.0 cm³/mol. The Bertz CT molecular complexity index is 544. The van der Waals surface area contributed by atoms with Gasteiger partial charge in [0.2, 0.25) is 0 Å². The molecule has 0 saturated heterocycles. The molecule has 0 amide bonds. The van der Waals surface area contributed by atoms with Crippen LogP contribution in [0.15, 0.2) is 28.7 Å². The molecule has 1 aliphatic rings. The lowest BCUT2D eigenvalue weighted by Gasteiger charge is -2.16. The summed E-state index contributed by atoms with van der Waals surface area (Å²) in [6.45, 7) is 2.16. The van der Waals surface area contributed by atoms with E-state index in [1.165, 1.54) is 25.0 Å². The molecule has 0 radical (unpaired) electrons. The van der Waals surface area contributed by atoms with Gasteiger partial charge in [-0.3, -0.25) is 0 Å². The molecule has 3 rings (SSSR count). The second-order valence-corrected chi connectivity index (χ2v) is 5.05. The Morgan fingerprint density at radius 2 is 2.12 bits per heavy atom. The largest absolute Gasteiger partial charge is 0.459 e. The van der Waals surface area contributed by atoms with Crippen molar-refractivity contribution in [3.63, 3.8) is 0 Å². The van der Waals surface area contributed by atoms with Crippen molar-refractivity contribution >= 4 is 11.0 Å². The molecule has 2 nitrogen and oxygen atoms in total. The van der Waals surface area contributed by atoms with Gasteiger partial charge in [0.15, 0.2) is 0 Å². The molecule has 1 aromatic carbocycles. The predicted octanol–water partition coefficient (Wildman–Crippen LogP) is 3.62. The van der Waals surface area contributed by atoms with E-state index >= 15 is 0 Å². The summed E-state index contributed by atoms with van der Waals surface area (Å²) in [5.74, 6) is 1.69. The van der Waals surface area contributed by atoms with E-state index < -0.39 is 0 Å². The molecule has 1 fully saturated rings. The third-order valence-electron chi connectivity index (χ3n) is 3.76. The van der Waals surface area contributed by atoms with Crippen LogP contribution in [0.4, 0.5) is 4.39 Å². The first kappa shape index (κ1) is 10.8. The van der Waals surface area contributed by atoms with E-state index in [9.17, 15) is 4.39 Å². The van der Waals surface area contributed by atoms with E-state index in [-0.39, 0.29) is 11.9 Å². The minimum absolute atomic E-state index is 0.0852. The molecule has 3 heteroatoms. The van der Waals surface area contributed by atoms with Gasteiger partial charge >= 0.3 is 0 Å². The van der Waals surface area contributed by atoms with E-state index in [1.54, 1.807) is 6.07 Å². The van der Waals surface area contributed by atoms with Gasteiger partial charge in [-0.15, -0.1) is 0 Å². The van der Waals surface area contributed by atoms with Crippen molar-refractivity contribution in [1.82, 2.24) is 0 Å². The zero-order valence-corrected chi connectivity index (χ0v) is 9.82. The second kappa shape index (κ2) is 3.84. The van der Waals surface area contributed by atoms with E-state index in [0.717, 1.165) is 17.1 Å². The Kier molecular flexibility index (Phi) is 2.44. The first-order valence-corrected chi connectivity index (χ1v) is 6.10. The van der Waals surface area contributed by atoms with Gasteiger partial charge in [0.05, 0.1) is 6.04 Å². The maximum atomic E-state index is 13.1. The lowest BCUT2D eigenvalue weighted by molar-refractivity contribution is 0.363. The van der Waals surface area contributed by atoms with Crippen molar-refractivity contribution in [2.45, 2.75) is 25.8 Å². The van der Waals surface area contributed by atoms with Crippen LogP contribution in [0, 0.1) is 17.7 Å². The fraction of sp³-hybridized carbons (Fsp3) is 0.429. The van der Waals surface area contributed by atoms with Gasteiger partial charge in [0.25, 0.3) is 0 Å². The number of halogens is 1. The van der Waals surface area contributed by atoms with Crippen LogP contribution in [-0.4, -0.2) is 0 Å². The highest BCUT2D eigenvalue weighted by Crippen LogP contribution is 2.42. The Morgan fingerprint density at radius 3 is 2.82 bits per heavy atom. The molecule has 0 bridgehead atoms. The molecule has 1 saturated carbocycles. The smallest absolute Gasteiger partial charge is 0.134 e. The fourth-order valence-corrected chi connectivity index (χ4v) is 2.37. The molecule has 17 heavy (non-hydrogen) atoms. The lowest BCUT2D eigenvalue weighted by atomic mass is 9.95. The van der Waals surface area contributed by atoms with Crippen LogP contribution in [0.2, 0.25) is 0 Å². The van der Waals surface area contributed by atoms with Gasteiger partial charge in [-0.1, -0.05) is 6.92 Å². The third kappa shape index (κ3) is 1.95. The zero-order valence-electron chi connectivity index (χ0n) is 9.82. The summed E-state index contributed by atoms with van der Waals surface area (Å²) >= 11 is 0. The Labute approximate surface area is 99.6 Å². The molecule has 0 spiro atoms. The van der Waals surface area contributed by atoms with Crippen LogP contribution in [0.1, 0.15) is 31.6 Å². The van der Waals surface area contributed by atoms with Gasteiger partial charge < -0.3 is 10.2 Å². The monoisotopic (exact) mass is 233 g/mol. The Hall–Kier alpha value is -1.35. The summed E-state index contributed by atoms with van der Waals surface area (Å²) in [6, 6.07) is 6.32. The molecule has 2 aromatic rings. The average molecular weight is 233 g/mol. The van der Waals surface area contributed by atoms with Crippen molar-refractivity contribution < 1.29 is 8.81 Å². The number of hydrogen-bond acceptors (Lipinski definition) is 2. The lowest BCUT2D eigenvalue weighted by Crippen LogP contribution is -2.19. The average Bonchev–Trinajstić information content (AvgIpc) is 3.07. The van der Waals surface area contributed by atoms with E-state index in [1.807, 2.05) is 6.07 Å². The van der Waals surface area contributed by atoms with Gasteiger partial charge in [-0.2, -0.15) is 0 Å². The number of nitrogens with two attached hydrogens (primary N) is 1. The van der Waals surface area contributed by atoms with Crippen LogP contribution in [-0.2, 0) is 0 Å². The molecule has 90 valence electrons. The summed E-state index contributed by atoms with van der Waals surface area (Å²) in [7, 11) is 0. The van der Waals surface area contributed by atoms with Crippen LogP contribution >= 0.6 is 0 Å². The van der Waals surface area contributed by atoms with Crippen molar-refractivity contribution in [2.24, 2.45) is 17.6 Å². The quantitative estimate of drug-likeness (QED) is 0.879. The van der Waals surface area contributed by atoms with Crippen molar-refractivity contribution in [2.75, 3.05) is 0 Å². The summed E-state index contributed by atoms with van der Waals surface area (Å²) in [6.07, 6.45) is 2.54. The van der Waals surface area contributed by atoms with Crippen LogP contribution in [0.5, 0.6) is 0 Å². The minimum Gasteiger partial charge on any atom is -0.459 e. The topological polar surface area (TPSA) is 39.2 Å². The molecule has 1 aromatic heterocycles. The van der Waals surface area contributed by atoms with Crippen molar-refractivity contribution in [3.8, 4) is 0 Å². The Morgan fingerprint density at radius 1 is 1.35 bits per heavy atom. The summed E-state index contributed by atoms with van der Waals surface area (Å²) in [5, 5.41) is 0.790. The van der Waals surface area contributed by atoms with Gasteiger partial charge in [0.1, 0.15) is 17.2 Å². The SMILES string of the molecule is CC(C1CC1)C(N)c1cc2cc(F)ccc2o1. The standard InChI is InChI=1S/C14H16FNO/c1-8(9-2-3-9)14(16)13-7-10-6-11(15)4-5-12(10)17-13/h4-9,14H,2-3,16H2,1H3. The summed E-state index contributed by atoms with van der Waals surface area (Å²) < 4.78 is 18.8. The number of furan rings is 1. The molecule has 0 aliphatic heterocycles. The number of fused-ring (bicyclic) bond motifs is 1. The van der Waals surface area contributed by atoms with Crippen LogP contribution < -0.4 is 5.73 Å². The molecule has 2 N–H and O–H groups in total. The molecule has 1 aliphatic carbocycles. The first-order valence-electron chi connectivity index (χ1n) is 6.10. The highest BCUT2D eigenvalue weighted by molar-refractivity contribution is 5.78. The highest BCUT2D eigenvalue weighted by Gasteiger charge is 2.33. The zero-order chi connectivity index (χ0) is 12.0. The van der Waals surface area contributed by atoms with Crippen molar-refractivity contribution in [1.29, 1.82) is 0 Å². The molecular formula is C14H16FNO. The normalized spacial score (nSPS) is 19.5. The number of rotatable bonds is 3. The Balaban J connectivity index is 1.94. The summed E-state index contributed by atoms with van der Waals surface area (Å²) in [5.41, 5.74) is 6.90. The minimum atomic E-state index is -0.242. The maximum absolute atomic E-state index is 13.1. The van der Waals surface area contributed by atoms with E-state index in [0.29, 0.717) is 11.5 Å².